The van der Waals surface area contributed by atoms with Gasteiger partial charge in [-0.2, -0.15) is 0 Å². The van der Waals surface area contributed by atoms with E-state index in [0.29, 0.717) is 5.41 Å². The average molecular weight is 305 g/mol. The van der Waals surface area contributed by atoms with Gasteiger partial charge in [0.25, 0.3) is 0 Å². The maximum absolute atomic E-state index is 4.51. The van der Waals surface area contributed by atoms with E-state index in [4.69, 9.17) is 0 Å². The topological polar surface area (TPSA) is 17.8 Å². The minimum atomic E-state index is 0.449. The van der Waals surface area contributed by atoms with Crippen LogP contribution in [0.4, 0.5) is 0 Å². The van der Waals surface area contributed by atoms with E-state index >= 15 is 0 Å². The van der Waals surface area contributed by atoms with Crippen molar-refractivity contribution in [1.29, 1.82) is 0 Å². The van der Waals surface area contributed by atoms with Crippen LogP contribution in [-0.4, -0.2) is 14.9 Å². The van der Waals surface area contributed by atoms with Gasteiger partial charge in [-0.15, -0.1) is 0 Å². The lowest BCUT2D eigenvalue weighted by Crippen LogP contribution is -2.35. The summed E-state index contributed by atoms with van der Waals surface area (Å²) in [5.41, 5.74) is 1.65. The van der Waals surface area contributed by atoms with E-state index in [0.717, 1.165) is 17.7 Å². The van der Waals surface area contributed by atoms with Gasteiger partial charge >= 0.3 is 0 Å². The number of hydrogen-bond donors (Lipinski definition) is 0. The van der Waals surface area contributed by atoms with Gasteiger partial charge in [-0.25, -0.2) is 4.98 Å². The number of rotatable bonds is 4. The molecule has 1 aliphatic rings. The molecule has 0 spiro atoms. The molecule has 0 aliphatic heterocycles. The van der Waals surface area contributed by atoms with Crippen molar-refractivity contribution in [2.75, 3.05) is 5.33 Å². The highest BCUT2D eigenvalue weighted by Crippen LogP contribution is 2.44. The predicted molar refractivity (Wildman–Crippen MR) is 77.7 cm³/mol. The molecule has 2 nitrogen and oxygen atoms in total. The van der Waals surface area contributed by atoms with Crippen molar-refractivity contribution in [1.82, 2.24) is 9.55 Å². The molecule has 2 aromatic rings. The van der Waals surface area contributed by atoms with Gasteiger partial charge in [0.2, 0.25) is 0 Å². The van der Waals surface area contributed by atoms with Crippen LogP contribution in [0.3, 0.4) is 0 Å². The van der Waals surface area contributed by atoms with E-state index in [2.05, 4.69) is 55.9 Å². The third kappa shape index (κ3) is 2.12. The molecule has 3 rings (SSSR count). The van der Waals surface area contributed by atoms with Crippen LogP contribution in [0.25, 0.3) is 11.4 Å². The number of imidazole rings is 1. The highest BCUT2D eigenvalue weighted by atomic mass is 79.9. The molecule has 1 fully saturated rings. The Balaban J connectivity index is 1.88. The molecule has 1 saturated carbocycles. The first-order valence-electron chi connectivity index (χ1n) is 6.46. The van der Waals surface area contributed by atoms with Crippen LogP contribution in [0.15, 0.2) is 42.7 Å². The second-order valence-electron chi connectivity index (χ2n) is 5.23. The van der Waals surface area contributed by atoms with E-state index in [1.54, 1.807) is 0 Å². The lowest BCUT2D eigenvalue weighted by molar-refractivity contribution is 0.141. The Hall–Kier alpha value is -1.09. The zero-order valence-electron chi connectivity index (χ0n) is 10.3. The minimum absolute atomic E-state index is 0.449. The largest absolute Gasteiger partial charge is 0.330 e. The van der Waals surface area contributed by atoms with Crippen molar-refractivity contribution >= 4 is 15.9 Å². The standard InChI is InChI=1S/C15H17BrN2/c16-11-15(7-4-8-15)12-18-10-9-17-14(18)13-5-2-1-3-6-13/h1-3,5-6,9-10H,4,7-8,11-12H2. The Bertz CT molecular complexity index is 509. The summed E-state index contributed by atoms with van der Waals surface area (Å²) in [7, 11) is 0. The molecule has 94 valence electrons. The summed E-state index contributed by atoms with van der Waals surface area (Å²) >= 11 is 3.68. The van der Waals surface area contributed by atoms with Crippen LogP contribution in [0.5, 0.6) is 0 Å². The molecule has 1 aromatic heterocycles. The fourth-order valence-corrected chi connectivity index (χ4v) is 3.39. The Morgan fingerprint density at radius 3 is 2.61 bits per heavy atom. The van der Waals surface area contributed by atoms with E-state index in [1.807, 2.05) is 12.3 Å². The van der Waals surface area contributed by atoms with Gasteiger partial charge in [0.1, 0.15) is 5.82 Å². The Morgan fingerprint density at radius 2 is 2.00 bits per heavy atom. The Kier molecular flexibility index (Phi) is 3.25. The fourth-order valence-electron chi connectivity index (χ4n) is 2.66. The number of halogens is 1. The second kappa shape index (κ2) is 4.88. The molecule has 1 aliphatic carbocycles. The van der Waals surface area contributed by atoms with E-state index < -0.39 is 0 Å². The van der Waals surface area contributed by atoms with Crippen LogP contribution in [-0.2, 0) is 6.54 Å². The molecule has 0 atom stereocenters. The van der Waals surface area contributed by atoms with Gasteiger partial charge in [0.05, 0.1) is 0 Å². The number of alkyl halides is 1. The Morgan fingerprint density at radius 1 is 1.22 bits per heavy atom. The summed E-state index contributed by atoms with van der Waals surface area (Å²) in [6.07, 6.45) is 8.02. The average Bonchev–Trinajstić information content (AvgIpc) is 2.83. The molecule has 0 N–H and O–H groups in total. The molecule has 0 amide bonds. The molecular formula is C15H17BrN2. The Labute approximate surface area is 116 Å². The maximum atomic E-state index is 4.51. The summed E-state index contributed by atoms with van der Waals surface area (Å²) in [5.74, 6) is 1.09. The highest BCUT2D eigenvalue weighted by molar-refractivity contribution is 9.09. The minimum Gasteiger partial charge on any atom is -0.330 e. The second-order valence-corrected chi connectivity index (χ2v) is 5.79. The number of hydrogen-bond acceptors (Lipinski definition) is 1. The molecule has 0 radical (unpaired) electrons. The van der Waals surface area contributed by atoms with Crippen LogP contribution in [0, 0.1) is 5.41 Å². The highest BCUT2D eigenvalue weighted by Gasteiger charge is 2.36. The quantitative estimate of drug-likeness (QED) is 0.777. The van der Waals surface area contributed by atoms with E-state index in [1.165, 1.54) is 24.8 Å². The first-order valence-corrected chi connectivity index (χ1v) is 7.58. The fraction of sp³-hybridized carbons (Fsp3) is 0.400. The summed E-state index contributed by atoms with van der Waals surface area (Å²) < 4.78 is 2.30. The van der Waals surface area contributed by atoms with E-state index in [-0.39, 0.29) is 0 Å². The van der Waals surface area contributed by atoms with Crippen LogP contribution in [0.1, 0.15) is 19.3 Å². The predicted octanol–water partition coefficient (Wildman–Crippen LogP) is 4.12. The van der Waals surface area contributed by atoms with Crippen molar-refractivity contribution in [2.24, 2.45) is 5.41 Å². The number of nitrogens with zero attached hydrogens (tertiary/aromatic N) is 2. The molecule has 0 saturated heterocycles. The summed E-state index contributed by atoms with van der Waals surface area (Å²) in [4.78, 5) is 4.51. The normalized spacial score (nSPS) is 17.4. The van der Waals surface area contributed by atoms with Crippen molar-refractivity contribution < 1.29 is 0 Å². The number of aromatic nitrogens is 2. The van der Waals surface area contributed by atoms with Crippen LogP contribution in [0.2, 0.25) is 0 Å². The molecule has 0 unspecified atom stereocenters. The summed E-state index contributed by atoms with van der Waals surface area (Å²) in [6, 6.07) is 10.4. The SMILES string of the molecule is BrCC1(Cn2ccnc2-c2ccccc2)CCC1. The van der Waals surface area contributed by atoms with Crippen LogP contribution < -0.4 is 0 Å². The van der Waals surface area contributed by atoms with Crippen LogP contribution >= 0.6 is 15.9 Å². The summed E-state index contributed by atoms with van der Waals surface area (Å²) in [6.45, 7) is 1.07. The molecule has 1 heterocycles. The lowest BCUT2D eigenvalue weighted by Gasteiger charge is -2.41. The molecule has 1 aromatic carbocycles. The summed E-state index contributed by atoms with van der Waals surface area (Å²) in [5, 5.41) is 1.09. The zero-order chi connectivity index (χ0) is 12.4. The third-order valence-corrected chi connectivity index (χ3v) is 5.14. The zero-order valence-corrected chi connectivity index (χ0v) is 11.9. The van der Waals surface area contributed by atoms with Gasteiger partial charge in [0, 0.05) is 29.8 Å². The number of benzene rings is 1. The van der Waals surface area contributed by atoms with Crippen molar-refractivity contribution in [3.8, 4) is 11.4 Å². The van der Waals surface area contributed by atoms with Crippen molar-refractivity contribution in [3.63, 3.8) is 0 Å². The monoisotopic (exact) mass is 304 g/mol. The first kappa shape index (κ1) is 12.0. The molecule has 3 heteroatoms. The van der Waals surface area contributed by atoms with Crippen molar-refractivity contribution in [2.45, 2.75) is 25.8 Å². The van der Waals surface area contributed by atoms with E-state index in [9.17, 15) is 0 Å². The third-order valence-electron chi connectivity index (χ3n) is 3.95. The van der Waals surface area contributed by atoms with Gasteiger partial charge in [0.15, 0.2) is 0 Å². The molecule has 18 heavy (non-hydrogen) atoms. The first-order chi connectivity index (χ1) is 8.83. The maximum Gasteiger partial charge on any atom is 0.139 e. The van der Waals surface area contributed by atoms with Gasteiger partial charge in [-0.3, -0.25) is 0 Å². The smallest absolute Gasteiger partial charge is 0.139 e. The van der Waals surface area contributed by atoms with Gasteiger partial charge in [-0.1, -0.05) is 52.7 Å². The lowest BCUT2D eigenvalue weighted by atomic mass is 9.70. The molecular weight excluding hydrogens is 288 g/mol. The van der Waals surface area contributed by atoms with Gasteiger partial charge in [-0.05, 0) is 18.3 Å². The van der Waals surface area contributed by atoms with Gasteiger partial charge < -0.3 is 4.57 Å². The molecule has 0 bridgehead atoms. The van der Waals surface area contributed by atoms with Crippen molar-refractivity contribution in [3.05, 3.63) is 42.7 Å².